The van der Waals surface area contributed by atoms with E-state index < -0.39 is 0 Å². The summed E-state index contributed by atoms with van der Waals surface area (Å²) in [6.45, 7) is 4.50. The summed E-state index contributed by atoms with van der Waals surface area (Å²) in [4.78, 5) is 29.2. The van der Waals surface area contributed by atoms with Crippen molar-refractivity contribution in [2.24, 2.45) is 4.99 Å². The van der Waals surface area contributed by atoms with Crippen molar-refractivity contribution in [3.05, 3.63) is 64.5 Å². The number of rotatable bonds is 5. The maximum Gasteiger partial charge on any atom is 0.307 e. The zero-order valence-electron chi connectivity index (χ0n) is 14.8. The van der Waals surface area contributed by atoms with Crippen molar-refractivity contribution in [2.45, 2.75) is 26.8 Å². The van der Waals surface area contributed by atoms with Crippen molar-refractivity contribution in [1.29, 1.82) is 0 Å². The number of esters is 1. The molecule has 0 N–H and O–H groups in total. The van der Waals surface area contributed by atoms with E-state index in [-0.39, 0.29) is 18.3 Å². The minimum atomic E-state index is -0.287. The lowest BCUT2D eigenvalue weighted by molar-refractivity contribution is -0.143. The van der Waals surface area contributed by atoms with Gasteiger partial charge in [0.05, 0.1) is 23.2 Å². The first-order chi connectivity index (χ1) is 12.6. The SMILES string of the molecule is CCOC(=O)CCn1c(=NC(=O)c2cccc(C)c2)sc2ccccc21. The van der Waals surface area contributed by atoms with Crippen LogP contribution in [0.4, 0.5) is 0 Å². The molecule has 3 rings (SSSR count). The molecule has 0 fully saturated rings. The Morgan fingerprint density at radius 1 is 1.15 bits per heavy atom. The number of nitrogens with zero attached hydrogens (tertiary/aromatic N) is 2. The lowest BCUT2D eigenvalue weighted by Gasteiger charge is -2.05. The number of thiazole rings is 1. The molecule has 0 atom stereocenters. The number of aryl methyl sites for hydroxylation is 2. The van der Waals surface area contributed by atoms with Gasteiger partial charge in [-0.2, -0.15) is 4.99 Å². The number of carbonyl (C=O) groups excluding carboxylic acids is 2. The summed E-state index contributed by atoms with van der Waals surface area (Å²) >= 11 is 1.44. The molecule has 1 amide bonds. The number of carbonyl (C=O) groups is 2. The molecule has 3 aromatic rings. The second-order valence-electron chi connectivity index (χ2n) is 5.85. The van der Waals surface area contributed by atoms with Crippen LogP contribution in [0, 0.1) is 6.92 Å². The molecule has 1 heterocycles. The molecular weight excluding hydrogens is 348 g/mol. The van der Waals surface area contributed by atoms with E-state index >= 15 is 0 Å². The highest BCUT2D eigenvalue weighted by molar-refractivity contribution is 7.16. The van der Waals surface area contributed by atoms with Crippen LogP contribution in [0.2, 0.25) is 0 Å². The van der Waals surface area contributed by atoms with Crippen LogP contribution in [0.1, 0.15) is 29.3 Å². The fourth-order valence-corrected chi connectivity index (χ4v) is 3.74. The minimum Gasteiger partial charge on any atom is -0.466 e. The molecule has 26 heavy (non-hydrogen) atoms. The predicted molar refractivity (Wildman–Crippen MR) is 102 cm³/mol. The monoisotopic (exact) mass is 368 g/mol. The molecule has 0 bridgehead atoms. The smallest absolute Gasteiger partial charge is 0.307 e. The van der Waals surface area contributed by atoms with E-state index in [2.05, 4.69) is 4.99 Å². The minimum absolute atomic E-state index is 0.236. The Labute approximate surface area is 155 Å². The van der Waals surface area contributed by atoms with Crippen LogP contribution >= 0.6 is 11.3 Å². The third-order valence-electron chi connectivity index (χ3n) is 3.90. The molecule has 0 aliphatic carbocycles. The molecule has 1 aromatic heterocycles. The first-order valence-corrected chi connectivity index (χ1v) is 9.30. The van der Waals surface area contributed by atoms with Crippen LogP contribution in [0.25, 0.3) is 10.2 Å². The van der Waals surface area contributed by atoms with Gasteiger partial charge in [0.1, 0.15) is 0 Å². The molecule has 134 valence electrons. The summed E-state index contributed by atoms with van der Waals surface area (Å²) in [5.41, 5.74) is 2.52. The molecule has 0 saturated heterocycles. The number of aromatic nitrogens is 1. The van der Waals surface area contributed by atoms with Gasteiger partial charge in [-0.15, -0.1) is 0 Å². The quantitative estimate of drug-likeness (QED) is 0.645. The molecule has 0 aliphatic heterocycles. The van der Waals surface area contributed by atoms with Crippen LogP contribution < -0.4 is 4.80 Å². The molecule has 0 radical (unpaired) electrons. The number of benzene rings is 2. The largest absolute Gasteiger partial charge is 0.466 e. The number of ether oxygens (including phenoxy) is 1. The number of fused-ring (bicyclic) bond motifs is 1. The lowest BCUT2D eigenvalue weighted by Crippen LogP contribution is -2.19. The molecule has 5 nitrogen and oxygen atoms in total. The highest BCUT2D eigenvalue weighted by atomic mass is 32.1. The highest BCUT2D eigenvalue weighted by Crippen LogP contribution is 2.17. The molecule has 0 spiro atoms. The first-order valence-electron chi connectivity index (χ1n) is 8.48. The van der Waals surface area contributed by atoms with Crippen LogP contribution in [-0.4, -0.2) is 23.1 Å². The maximum atomic E-state index is 12.6. The molecule has 0 saturated carbocycles. The van der Waals surface area contributed by atoms with Gasteiger partial charge in [-0.25, -0.2) is 0 Å². The normalized spacial score (nSPS) is 11.7. The zero-order valence-corrected chi connectivity index (χ0v) is 15.6. The Balaban J connectivity index is 2.00. The number of hydrogen-bond donors (Lipinski definition) is 0. The van der Waals surface area contributed by atoms with Crippen molar-refractivity contribution in [3.8, 4) is 0 Å². The number of para-hydroxylation sites is 1. The van der Waals surface area contributed by atoms with Crippen LogP contribution in [0.5, 0.6) is 0 Å². The molecular formula is C20H20N2O3S. The third-order valence-corrected chi connectivity index (χ3v) is 4.95. The fourth-order valence-electron chi connectivity index (χ4n) is 2.69. The Morgan fingerprint density at radius 2 is 1.96 bits per heavy atom. The Kier molecular flexibility index (Phi) is 5.63. The van der Waals surface area contributed by atoms with Gasteiger partial charge in [0, 0.05) is 12.1 Å². The van der Waals surface area contributed by atoms with E-state index in [1.54, 1.807) is 13.0 Å². The van der Waals surface area contributed by atoms with E-state index in [0.29, 0.717) is 23.5 Å². The summed E-state index contributed by atoms with van der Waals surface area (Å²) in [7, 11) is 0. The van der Waals surface area contributed by atoms with E-state index in [1.165, 1.54) is 11.3 Å². The summed E-state index contributed by atoms with van der Waals surface area (Å²) in [6, 6.07) is 15.2. The van der Waals surface area contributed by atoms with E-state index in [1.807, 2.05) is 54.0 Å². The van der Waals surface area contributed by atoms with Gasteiger partial charge in [-0.05, 0) is 38.1 Å². The second-order valence-corrected chi connectivity index (χ2v) is 6.85. The molecule has 0 unspecified atom stereocenters. The van der Waals surface area contributed by atoms with E-state index in [9.17, 15) is 9.59 Å². The van der Waals surface area contributed by atoms with Crippen molar-refractivity contribution in [3.63, 3.8) is 0 Å². The van der Waals surface area contributed by atoms with Gasteiger partial charge in [0.2, 0.25) is 0 Å². The van der Waals surface area contributed by atoms with Crippen LogP contribution in [0.15, 0.2) is 53.5 Å². The highest BCUT2D eigenvalue weighted by Gasteiger charge is 2.11. The Bertz CT molecular complexity index is 1020. The summed E-state index contributed by atoms with van der Waals surface area (Å²) in [6.07, 6.45) is 0.236. The summed E-state index contributed by atoms with van der Waals surface area (Å²) < 4.78 is 7.94. The molecule has 0 aliphatic rings. The van der Waals surface area contributed by atoms with Gasteiger partial charge in [-0.1, -0.05) is 41.2 Å². The standard InChI is InChI=1S/C20H20N2O3S/c1-3-25-18(23)11-12-22-16-9-4-5-10-17(16)26-20(22)21-19(24)15-8-6-7-14(2)13-15/h4-10,13H,3,11-12H2,1-2H3. The average Bonchev–Trinajstić information content (AvgIpc) is 2.97. The topological polar surface area (TPSA) is 60.7 Å². The van der Waals surface area contributed by atoms with Crippen molar-refractivity contribution < 1.29 is 14.3 Å². The van der Waals surface area contributed by atoms with Gasteiger partial charge in [-0.3, -0.25) is 9.59 Å². The molecule has 6 heteroatoms. The lowest BCUT2D eigenvalue weighted by atomic mass is 10.1. The Morgan fingerprint density at radius 3 is 2.73 bits per heavy atom. The summed E-state index contributed by atoms with van der Waals surface area (Å²) in [5, 5.41) is 0. The van der Waals surface area contributed by atoms with E-state index in [4.69, 9.17) is 4.74 Å². The number of amides is 1. The van der Waals surface area contributed by atoms with Gasteiger partial charge in [0.15, 0.2) is 4.80 Å². The number of hydrogen-bond acceptors (Lipinski definition) is 4. The van der Waals surface area contributed by atoms with Crippen LogP contribution in [-0.2, 0) is 16.1 Å². The van der Waals surface area contributed by atoms with Gasteiger partial charge in [0.25, 0.3) is 5.91 Å². The fraction of sp³-hybridized carbons (Fsp3) is 0.250. The first kappa shape index (κ1) is 18.1. The van der Waals surface area contributed by atoms with E-state index in [0.717, 1.165) is 15.8 Å². The summed E-state index contributed by atoms with van der Waals surface area (Å²) in [5.74, 6) is -0.545. The Hall–Kier alpha value is -2.73. The van der Waals surface area contributed by atoms with Crippen LogP contribution in [0.3, 0.4) is 0 Å². The second kappa shape index (κ2) is 8.10. The predicted octanol–water partition coefficient (Wildman–Crippen LogP) is 3.71. The van der Waals surface area contributed by atoms with Crippen molar-refractivity contribution in [1.82, 2.24) is 4.57 Å². The zero-order chi connectivity index (χ0) is 18.5. The van der Waals surface area contributed by atoms with Gasteiger partial charge < -0.3 is 9.30 Å². The molecule has 2 aromatic carbocycles. The van der Waals surface area contributed by atoms with Crippen molar-refractivity contribution in [2.75, 3.05) is 6.61 Å². The average molecular weight is 368 g/mol. The maximum absolute atomic E-state index is 12.6. The van der Waals surface area contributed by atoms with Gasteiger partial charge >= 0.3 is 5.97 Å². The third kappa shape index (κ3) is 4.08. The van der Waals surface area contributed by atoms with Crippen molar-refractivity contribution >= 4 is 33.4 Å².